The largest absolute Gasteiger partial charge is 0.184 e. The van der Waals surface area contributed by atoms with Gasteiger partial charge in [0.2, 0.25) is 0 Å². The van der Waals surface area contributed by atoms with E-state index in [1.165, 1.54) is 31.8 Å². The van der Waals surface area contributed by atoms with Gasteiger partial charge in [-0.1, -0.05) is 182 Å². The number of halogens is 1. The molecule has 4 heteroatoms. The summed E-state index contributed by atoms with van der Waals surface area (Å²) in [6, 6.07) is 77.2. The van der Waals surface area contributed by atoms with Crippen molar-refractivity contribution in [3.63, 3.8) is 0 Å². The third kappa shape index (κ3) is 11.3. The second-order valence-electron chi connectivity index (χ2n) is 9.76. The van der Waals surface area contributed by atoms with E-state index in [1.807, 2.05) is 30.3 Å². The van der Waals surface area contributed by atoms with E-state index >= 15 is 0 Å². The van der Waals surface area contributed by atoms with Gasteiger partial charge in [-0.3, -0.25) is 0 Å². The van der Waals surface area contributed by atoms with Gasteiger partial charge in [-0.15, -0.1) is 0 Å². The summed E-state index contributed by atoms with van der Waals surface area (Å²) in [5.41, 5.74) is 0. The summed E-state index contributed by atoms with van der Waals surface area (Å²) in [6.07, 6.45) is 0. The van der Waals surface area contributed by atoms with Crippen LogP contribution < -0.4 is 31.8 Å². The fourth-order valence-electron chi connectivity index (χ4n) is 4.70. The van der Waals surface area contributed by atoms with E-state index in [4.69, 9.17) is 0 Å². The zero-order valence-electron chi connectivity index (χ0n) is 25.3. The molecular formula is C42H35BrNiP2-. The average molecular weight is 740 g/mol. The maximum atomic E-state index is 3.69. The molecule has 7 aromatic rings. The molecule has 231 valence electrons. The average Bonchev–Trinajstić information content (AvgIpc) is 3.17. The summed E-state index contributed by atoms with van der Waals surface area (Å²) in [5.74, 6) is 0. The summed E-state index contributed by atoms with van der Waals surface area (Å²) in [7, 11) is -0.892. The molecule has 0 saturated carbocycles. The van der Waals surface area contributed by atoms with Crippen LogP contribution in [0.3, 0.4) is 0 Å². The van der Waals surface area contributed by atoms with Gasteiger partial charge in [-0.25, -0.2) is 0 Å². The van der Waals surface area contributed by atoms with Crippen LogP contribution in [0.15, 0.2) is 212 Å². The van der Waals surface area contributed by atoms with Gasteiger partial charge in [-0.2, -0.15) is 36.4 Å². The third-order valence-electron chi connectivity index (χ3n) is 6.69. The molecule has 0 aliphatic rings. The first-order chi connectivity index (χ1) is 22.9. The fourth-order valence-corrected chi connectivity index (χ4v) is 9.31. The SMILES string of the molecule is [Ni][Br].[c-]1ccccc1.c1ccc(P(c2ccccc2)c2ccccc2)cc1.c1ccc(P(c2ccccc2)c2ccccc2)cc1. The molecule has 0 aromatic heterocycles. The maximum absolute atomic E-state index is 3.69. The second-order valence-corrected chi connectivity index (χ2v) is 14.2. The molecule has 7 aromatic carbocycles. The Balaban J connectivity index is 0.000000169. The quantitative estimate of drug-likeness (QED) is 0.0907. The van der Waals surface area contributed by atoms with Crippen LogP contribution in [0, 0.1) is 6.07 Å². The normalized spacial score (nSPS) is 9.93. The van der Waals surface area contributed by atoms with Gasteiger partial charge in [-0.05, 0) is 47.7 Å². The van der Waals surface area contributed by atoms with E-state index in [0.717, 1.165) is 0 Å². The monoisotopic (exact) mass is 738 g/mol. The molecule has 0 amide bonds. The molecule has 0 aliphatic heterocycles. The van der Waals surface area contributed by atoms with Crippen LogP contribution in [0.1, 0.15) is 0 Å². The molecule has 0 heterocycles. The molecule has 0 radical (unpaired) electrons. The van der Waals surface area contributed by atoms with Gasteiger partial charge in [0.05, 0.1) is 0 Å². The molecule has 0 nitrogen and oxygen atoms in total. The Morgan fingerprint density at radius 3 is 0.587 bits per heavy atom. The van der Waals surface area contributed by atoms with Gasteiger partial charge < -0.3 is 0 Å². The minimum atomic E-state index is -0.446. The van der Waals surface area contributed by atoms with Crippen molar-refractivity contribution in [1.82, 2.24) is 0 Å². The van der Waals surface area contributed by atoms with Crippen molar-refractivity contribution in [1.29, 1.82) is 0 Å². The van der Waals surface area contributed by atoms with Crippen LogP contribution in [0.4, 0.5) is 0 Å². The predicted molar refractivity (Wildman–Crippen MR) is 205 cm³/mol. The Hall–Kier alpha value is -3.63. The molecule has 0 fully saturated rings. The molecule has 0 N–H and O–H groups in total. The van der Waals surface area contributed by atoms with E-state index in [2.05, 4.69) is 216 Å². The van der Waals surface area contributed by atoms with E-state index in [-0.39, 0.29) is 0 Å². The topological polar surface area (TPSA) is 0 Å². The Morgan fingerprint density at radius 1 is 0.283 bits per heavy atom. The summed E-state index contributed by atoms with van der Waals surface area (Å²) in [5, 5.41) is 8.39. The van der Waals surface area contributed by atoms with Gasteiger partial charge in [0.1, 0.15) is 0 Å². The fraction of sp³-hybridized carbons (Fsp3) is 0. The molecule has 0 spiro atoms. The molecule has 7 rings (SSSR count). The summed E-state index contributed by atoms with van der Waals surface area (Å²) >= 11 is 6.25. The van der Waals surface area contributed by atoms with Crippen molar-refractivity contribution in [2.45, 2.75) is 0 Å². The first kappa shape index (κ1) is 35.2. The van der Waals surface area contributed by atoms with E-state index in [0.29, 0.717) is 0 Å². The van der Waals surface area contributed by atoms with Gasteiger partial charge in [0, 0.05) is 0 Å². The second kappa shape index (κ2) is 21.2. The van der Waals surface area contributed by atoms with Gasteiger partial charge >= 0.3 is 27.9 Å². The maximum Gasteiger partial charge on any atom is -0.0134 e. The van der Waals surface area contributed by atoms with Crippen molar-refractivity contribution in [3.05, 3.63) is 218 Å². The Bertz CT molecular complexity index is 1390. The van der Waals surface area contributed by atoms with Crippen molar-refractivity contribution >= 4 is 61.9 Å². The first-order valence-corrected chi connectivity index (χ1v) is 20.0. The predicted octanol–water partition coefficient (Wildman–Crippen LogP) is 9.22. The summed E-state index contributed by atoms with van der Waals surface area (Å²) in [6.45, 7) is 0. The van der Waals surface area contributed by atoms with E-state index in [9.17, 15) is 0 Å². The number of hydrogen-bond acceptors (Lipinski definition) is 0. The third-order valence-corrected chi connectivity index (χ3v) is 11.6. The summed E-state index contributed by atoms with van der Waals surface area (Å²) < 4.78 is 0. The van der Waals surface area contributed by atoms with Crippen LogP contribution in [0.2, 0.25) is 0 Å². The molecular weight excluding hydrogens is 705 g/mol. The molecule has 0 aliphatic carbocycles. The Morgan fingerprint density at radius 2 is 0.457 bits per heavy atom. The van der Waals surface area contributed by atoms with E-state index < -0.39 is 15.8 Å². The Kier molecular flexibility index (Phi) is 16.3. The molecule has 0 atom stereocenters. The molecule has 0 bridgehead atoms. The number of rotatable bonds is 6. The zero-order chi connectivity index (χ0) is 32.1. The minimum absolute atomic E-state index is 0.446. The number of hydrogen-bond donors (Lipinski definition) is 0. The summed E-state index contributed by atoms with van der Waals surface area (Å²) in [4.78, 5) is 0. The molecule has 46 heavy (non-hydrogen) atoms. The van der Waals surface area contributed by atoms with Gasteiger partial charge in [0.25, 0.3) is 0 Å². The van der Waals surface area contributed by atoms with E-state index in [1.54, 1.807) is 0 Å². The molecule has 0 unspecified atom stereocenters. The Labute approximate surface area is 292 Å². The zero-order valence-corrected chi connectivity index (χ0v) is 29.7. The van der Waals surface area contributed by atoms with Crippen LogP contribution >= 0.6 is 30.1 Å². The molecule has 0 saturated heterocycles. The van der Waals surface area contributed by atoms with Crippen LogP contribution in [0.25, 0.3) is 0 Å². The smallest absolute Gasteiger partial charge is 0.0134 e. The first-order valence-electron chi connectivity index (χ1n) is 14.8. The van der Waals surface area contributed by atoms with Crippen LogP contribution in [-0.4, -0.2) is 0 Å². The van der Waals surface area contributed by atoms with Crippen molar-refractivity contribution < 1.29 is 13.7 Å². The van der Waals surface area contributed by atoms with Crippen LogP contribution in [0.5, 0.6) is 0 Å². The van der Waals surface area contributed by atoms with Crippen molar-refractivity contribution in [3.8, 4) is 0 Å². The number of benzene rings is 7. The minimum Gasteiger partial charge on any atom is -0.184 e. The standard InChI is InChI=1S/2C18H15P.C6H5.BrH.Ni/c2*1-4-10-16(11-5-1)19(17-12-6-2-7-13-17)18-14-8-3-9-15-18;1-2-4-6-5-3-1;;/h2*1-15H;1-5H;1H;/q;;-1;;+1/p-1. The van der Waals surface area contributed by atoms with Crippen molar-refractivity contribution in [2.75, 3.05) is 0 Å². The van der Waals surface area contributed by atoms with Gasteiger partial charge in [0.15, 0.2) is 0 Å². The van der Waals surface area contributed by atoms with Crippen molar-refractivity contribution in [2.24, 2.45) is 0 Å². The van der Waals surface area contributed by atoms with Crippen LogP contribution in [-0.2, 0) is 13.7 Å².